The number of aromatic nitrogens is 4. The highest BCUT2D eigenvalue weighted by molar-refractivity contribution is 6.21. The molecule has 3 heterocycles. The number of carbonyl (C=O) groups excluding carboxylic acids is 2. The van der Waals surface area contributed by atoms with Crippen molar-refractivity contribution in [3.05, 3.63) is 65.9 Å². The third-order valence-electron chi connectivity index (χ3n) is 4.22. The first kappa shape index (κ1) is 15.8. The fourth-order valence-electron chi connectivity index (χ4n) is 2.98. The van der Waals surface area contributed by atoms with Gasteiger partial charge in [0.1, 0.15) is 11.4 Å². The number of nitrogens with zero attached hydrogens (tertiary/aromatic N) is 5. The minimum absolute atomic E-state index is 0.215. The highest BCUT2D eigenvalue weighted by atomic mass is 16.3. The summed E-state index contributed by atoms with van der Waals surface area (Å²) in [6.45, 7) is 1.71. The molecule has 1 aliphatic heterocycles. The zero-order chi connectivity index (χ0) is 18.3. The van der Waals surface area contributed by atoms with Gasteiger partial charge in [-0.15, -0.1) is 0 Å². The van der Waals surface area contributed by atoms with Gasteiger partial charge >= 0.3 is 0 Å². The van der Waals surface area contributed by atoms with E-state index in [4.69, 9.17) is 0 Å². The lowest BCUT2D eigenvalue weighted by Crippen LogP contribution is -2.33. The Morgan fingerprint density at radius 1 is 0.923 bits per heavy atom. The Bertz CT molecular complexity index is 984. The highest BCUT2D eigenvalue weighted by Crippen LogP contribution is 2.33. The molecule has 0 spiro atoms. The number of fused-ring (bicyclic) bond motifs is 1. The molecule has 128 valence electrons. The number of rotatable bonds is 3. The van der Waals surface area contributed by atoms with Gasteiger partial charge in [-0.2, -0.15) is 0 Å². The first-order valence-electron chi connectivity index (χ1n) is 7.87. The number of carbonyl (C=O) groups is 2. The number of hydrogen-bond donors (Lipinski definition) is 1. The summed E-state index contributed by atoms with van der Waals surface area (Å²) in [5.41, 5.74) is 1.94. The van der Waals surface area contributed by atoms with Crippen molar-refractivity contribution >= 4 is 11.8 Å². The minimum atomic E-state index is -0.651. The quantitative estimate of drug-likeness (QED) is 0.722. The van der Waals surface area contributed by atoms with Crippen LogP contribution in [0, 0.1) is 0 Å². The Morgan fingerprint density at radius 3 is 2.19 bits per heavy atom. The molecule has 2 aromatic heterocycles. The number of amides is 2. The monoisotopic (exact) mass is 347 g/mol. The summed E-state index contributed by atoms with van der Waals surface area (Å²) >= 11 is 0. The Hall–Kier alpha value is -3.68. The summed E-state index contributed by atoms with van der Waals surface area (Å²) in [4.78, 5) is 43.1. The van der Waals surface area contributed by atoms with E-state index in [2.05, 4.69) is 19.9 Å². The number of benzene rings is 1. The third-order valence-corrected chi connectivity index (χ3v) is 4.22. The van der Waals surface area contributed by atoms with Crippen molar-refractivity contribution in [3.8, 4) is 17.3 Å². The second-order valence-electron chi connectivity index (χ2n) is 5.75. The van der Waals surface area contributed by atoms with Gasteiger partial charge in [-0.25, -0.2) is 9.97 Å². The summed E-state index contributed by atoms with van der Waals surface area (Å²) < 4.78 is 0. The van der Waals surface area contributed by atoms with E-state index < -0.39 is 6.04 Å². The number of hydrogen-bond acceptors (Lipinski definition) is 7. The Balaban J connectivity index is 1.77. The van der Waals surface area contributed by atoms with E-state index in [0.717, 1.165) is 0 Å². The Kier molecular flexibility index (Phi) is 3.65. The van der Waals surface area contributed by atoms with Gasteiger partial charge in [0.25, 0.3) is 11.8 Å². The molecule has 2 amide bonds. The molecule has 1 atom stereocenters. The molecule has 3 aromatic rings. The molecule has 8 heteroatoms. The molecule has 1 aliphatic rings. The first-order valence-corrected chi connectivity index (χ1v) is 7.87. The van der Waals surface area contributed by atoms with Gasteiger partial charge in [-0.05, 0) is 19.1 Å². The van der Waals surface area contributed by atoms with Crippen molar-refractivity contribution in [1.29, 1.82) is 0 Å². The van der Waals surface area contributed by atoms with Gasteiger partial charge in [0, 0.05) is 12.4 Å². The Labute approximate surface area is 148 Å². The average Bonchev–Trinajstić information content (AvgIpc) is 2.93. The zero-order valence-corrected chi connectivity index (χ0v) is 13.7. The smallest absolute Gasteiger partial charge is 0.262 e. The molecule has 1 unspecified atom stereocenters. The predicted octanol–water partition coefficient (Wildman–Crippen LogP) is 2.00. The molecule has 1 N–H and O–H groups in total. The Morgan fingerprint density at radius 2 is 1.58 bits per heavy atom. The van der Waals surface area contributed by atoms with Gasteiger partial charge in [0.15, 0.2) is 0 Å². The summed E-state index contributed by atoms with van der Waals surface area (Å²) in [7, 11) is 0. The highest BCUT2D eigenvalue weighted by Gasteiger charge is 2.40. The summed E-state index contributed by atoms with van der Waals surface area (Å²) in [5, 5.41) is 9.32. The van der Waals surface area contributed by atoms with Crippen molar-refractivity contribution in [2.45, 2.75) is 13.0 Å². The maximum atomic E-state index is 12.7. The lowest BCUT2D eigenvalue weighted by atomic mass is 10.1. The zero-order valence-electron chi connectivity index (χ0n) is 13.7. The van der Waals surface area contributed by atoms with Crippen LogP contribution in [0.5, 0.6) is 5.88 Å². The lowest BCUT2D eigenvalue weighted by molar-refractivity contribution is 0.0592. The SMILES string of the molecule is CC(c1nccnc1-c1cnc(O)cn1)N1C(=O)c2ccccc2C1=O. The van der Waals surface area contributed by atoms with Crippen LogP contribution >= 0.6 is 0 Å². The summed E-state index contributed by atoms with van der Waals surface area (Å²) in [6.07, 6.45) is 5.53. The van der Waals surface area contributed by atoms with Gasteiger partial charge in [-0.1, -0.05) is 12.1 Å². The molecule has 0 radical (unpaired) electrons. The summed E-state index contributed by atoms with van der Waals surface area (Å²) in [6, 6.07) is 6.05. The fraction of sp³-hybridized carbons (Fsp3) is 0.111. The maximum Gasteiger partial charge on any atom is 0.262 e. The lowest BCUT2D eigenvalue weighted by Gasteiger charge is -2.23. The molecule has 8 nitrogen and oxygen atoms in total. The van der Waals surface area contributed by atoms with Crippen LogP contribution in [0.3, 0.4) is 0 Å². The third kappa shape index (κ3) is 2.39. The first-order chi connectivity index (χ1) is 12.6. The van der Waals surface area contributed by atoms with Crippen LogP contribution in [0.4, 0.5) is 0 Å². The van der Waals surface area contributed by atoms with Crippen molar-refractivity contribution in [2.75, 3.05) is 0 Å². The molecule has 4 rings (SSSR count). The second-order valence-corrected chi connectivity index (χ2v) is 5.75. The largest absolute Gasteiger partial charge is 0.492 e. The second kappa shape index (κ2) is 5.99. The van der Waals surface area contributed by atoms with Gasteiger partial charge < -0.3 is 5.11 Å². The van der Waals surface area contributed by atoms with E-state index in [1.807, 2.05) is 0 Å². The topological polar surface area (TPSA) is 109 Å². The van der Waals surface area contributed by atoms with E-state index in [-0.39, 0.29) is 17.7 Å². The molecule has 0 bridgehead atoms. The van der Waals surface area contributed by atoms with E-state index in [9.17, 15) is 14.7 Å². The molecule has 0 aliphatic carbocycles. The van der Waals surface area contributed by atoms with Crippen LogP contribution in [0.1, 0.15) is 39.4 Å². The predicted molar refractivity (Wildman–Crippen MR) is 90.1 cm³/mol. The molecule has 0 saturated heterocycles. The number of imide groups is 1. The average molecular weight is 347 g/mol. The molecule has 26 heavy (non-hydrogen) atoms. The van der Waals surface area contributed by atoms with Crippen LogP contribution in [0.2, 0.25) is 0 Å². The normalized spacial score (nSPS) is 14.4. The molecule has 0 saturated carbocycles. The van der Waals surface area contributed by atoms with Crippen molar-refractivity contribution in [3.63, 3.8) is 0 Å². The summed E-state index contributed by atoms with van der Waals surface area (Å²) in [5.74, 6) is -0.953. The molecular weight excluding hydrogens is 334 g/mol. The minimum Gasteiger partial charge on any atom is -0.492 e. The van der Waals surface area contributed by atoms with Crippen LogP contribution in [0.25, 0.3) is 11.4 Å². The van der Waals surface area contributed by atoms with Crippen LogP contribution in [-0.2, 0) is 0 Å². The van der Waals surface area contributed by atoms with Gasteiger partial charge in [-0.3, -0.25) is 24.5 Å². The maximum absolute atomic E-state index is 12.7. The van der Waals surface area contributed by atoms with E-state index in [1.54, 1.807) is 31.2 Å². The van der Waals surface area contributed by atoms with Crippen molar-refractivity contribution < 1.29 is 14.7 Å². The van der Waals surface area contributed by atoms with Gasteiger partial charge in [0.05, 0.1) is 35.3 Å². The molecular formula is C18H13N5O3. The van der Waals surface area contributed by atoms with Crippen LogP contribution in [-0.4, -0.2) is 41.8 Å². The van der Waals surface area contributed by atoms with E-state index >= 15 is 0 Å². The van der Waals surface area contributed by atoms with Crippen LogP contribution < -0.4 is 0 Å². The molecule has 0 fully saturated rings. The van der Waals surface area contributed by atoms with Crippen LogP contribution in [0.15, 0.2) is 49.1 Å². The van der Waals surface area contributed by atoms with Crippen molar-refractivity contribution in [2.24, 2.45) is 0 Å². The molecule has 1 aromatic carbocycles. The van der Waals surface area contributed by atoms with E-state index in [1.165, 1.54) is 29.7 Å². The fourth-order valence-corrected chi connectivity index (χ4v) is 2.98. The van der Waals surface area contributed by atoms with E-state index in [0.29, 0.717) is 28.2 Å². The van der Waals surface area contributed by atoms with Crippen molar-refractivity contribution in [1.82, 2.24) is 24.8 Å². The number of aromatic hydroxyl groups is 1. The van der Waals surface area contributed by atoms with Gasteiger partial charge in [0.2, 0.25) is 5.88 Å². The standard InChI is InChI=1S/C18H13N5O3/c1-10(23-17(25)11-4-2-3-5-12(11)18(23)26)15-16(20-7-6-19-15)13-8-22-14(24)9-21-13/h2-10H,1H3,(H,22,24).